The van der Waals surface area contributed by atoms with Gasteiger partial charge in [-0.1, -0.05) is 41.9 Å². The number of benzene rings is 2. The molecule has 43 heavy (non-hydrogen) atoms. The Morgan fingerprint density at radius 1 is 1.16 bits per heavy atom. The molecular weight excluding hydrogens is 570 g/mol. The number of hydrogen-bond acceptors (Lipinski definition) is 8. The number of nitrogens with one attached hydrogen (secondary N) is 2. The van der Waals surface area contributed by atoms with Gasteiger partial charge in [0, 0.05) is 54.8 Å². The second kappa shape index (κ2) is 13.0. The third-order valence-corrected chi connectivity index (χ3v) is 8.17. The minimum atomic E-state index is -0.563. The highest BCUT2D eigenvalue weighted by atomic mass is 35.5. The maximum atomic E-state index is 12.9. The van der Waals surface area contributed by atoms with Crippen LogP contribution >= 0.6 is 11.6 Å². The van der Waals surface area contributed by atoms with Crippen LogP contribution in [0.4, 0.5) is 5.69 Å². The van der Waals surface area contributed by atoms with Gasteiger partial charge in [-0.15, -0.1) is 0 Å². The number of anilines is 1. The Morgan fingerprint density at radius 3 is 2.67 bits per heavy atom. The van der Waals surface area contributed by atoms with Crippen LogP contribution in [0.3, 0.4) is 0 Å². The molecule has 0 spiro atoms. The van der Waals surface area contributed by atoms with Gasteiger partial charge in [-0.25, -0.2) is 9.67 Å². The van der Waals surface area contributed by atoms with Crippen molar-refractivity contribution < 1.29 is 19.4 Å². The van der Waals surface area contributed by atoms with Gasteiger partial charge in [-0.2, -0.15) is 5.10 Å². The monoisotopic (exact) mass is 603 g/mol. The first-order chi connectivity index (χ1) is 20.7. The van der Waals surface area contributed by atoms with Gasteiger partial charge >= 0.3 is 0 Å². The van der Waals surface area contributed by atoms with E-state index in [1.54, 1.807) is 13.2 Å². The first-order valence-corrected chi connectivity index (χ1v) is 14.3. The fourth-order valence-corrected chi connectivity index (χ4v) is 5.58. The minimum Gasteiger partial charge on any atom is -0.481 e. The molecular formula is C32H34ClN5O5. The van der Waals surface area contributed by atoms with Crippen molar-refractivity contribution in [3.8, 4) is 28.3 Å². The fraction of sp³-hybridized carbons (Fsp3) is 0.312. The molecule has 224 valence electrons. The topological polar surface area (TPSA) is 128 Å². The summed E-state index contributed by atoms with van der Waals surface area (Å²) in [6, 6.07) is 14.6. The SMILES string of the molecule is COc1nc(-c2cccc(-c3cccc(NC(=O)c4ccnn(C)c4=O)c3C)c2Cl)cc(C)c1CNC1CCOCC1O. The van der Waals surface area contributed by atoms with Gasteiger partial charge in [-0.3, -0.25) is 9.59 Å². The Kier molecular flexibility index (Phi) is 9.22. The maximum Gasteiger partial charge on any atom is 0.279 e. The van der Waals surface area contributed by atoms with Gasteiger partial charge in [0.25, 0.3) is 11.5 Å². The Hall–Kier alpha value is -4.09. The Labute approximate surface area is 254 Å². The largest absolute Gasteiger partial charge is 0.481 e. The lowest BCUT2D eigenvalue weighted by Gasteiger charge is -2.29. The number of methoxy groups -OCH3 is 1. The van der Waals surface area contributed by atoms with E-state index in [0.717, 1.165) is 44.5 Å². The molecule has 3 heterocycles. The number of aliphatic hydroxyl groups excluding tert-OH is 1. The van der Waals surface area contributed by atoms with E-state index in [0.29, 0.717) is 42.0 Å². The molecule has 1 saturated heterocycles. The van der Waals surface area contributed by atoms with Crippen molar-refractivity contribution in [1.29, 1.82) is 0 Å². The van der Waals surface area contributed by atoms with Crippen molar-refractivity contribution >= 4 is 23.2 Å². The van der Waals surface area contributed by atoms with Crippen LogP contribution in [-0.2, 0) is 18.3 Å². The van der Waals surface area contributed by atoms with E-state index in [2.05, 4.69) is 15.7 Å². The molecule has 1 fully saturated rings. The van der Waals surface area contributed by atoms with Crippen LogP contribution in [0.25, 0.3) is 22.4 Å². The number of ether oxygens (including phenoxy) is 2. The molecule has 10 nitrogen and oxygen atoms in total. The molecule has 2 unspecified atom stereocenters. The molecule has 0 saturated carbocycles. The lowest BCUT2D eigenvalue weighted by molar-refractivity contribution is -0.0281. The summed E-state index contributed by atoms with van der Waals surface area (Å²) in [7, 11) is 3.08. The van der Waals surface area contributed by atoms with E-state index in [-0.39, 0.29) is 11.6 Å². The third kappa shape index (κ3) is 6.33. The summed E-state index contributed by atoms with van der Waals surface area (Å²) in [6.07, 6.45) is 1.57. The van der Waals surface area contributed by atoms with Gasteiger partial charge in [0.1, 0.15) is 5.56 Å². The molecule has 1 amide bonds. The predicted molar refractivity (Wildman–Crippen MR) is 166 cm³/mol. The molecule has 4 aromatic rings. The average molecular weight is 604 g/mol. The van der Waals surface area contributed by atoms with Crippen molar-refractivity contribution in [3.63, 3.8) is 0 Å². The van der Waals surface area contributed by atoms with E-state index in [4.69, 9.17) is 26.1 Å². The highest BCUT2D eigenvalue weighted by Crippen LogP contribution is 2.39. The van der Waals surface area contributed by atoms with Gasteiger partial charge in [-0.05, 0) is 55.2 Å². The summed E-state index contributed by atoms with van der Waals surface area (Å²) in [5, 5.41) is 20.9. The average Bonchev–Trinajstić information content (AvgIpc) is 2.99. The molecule has 2 atom stereocenters. The number of carbonyl (C=O) groups excluding carboxylic acids is 1. The van der Waals surface area contributed by atoms with E-state index in [9.17, 15) is 14.7 Å². The zero-order valence-electron chi connectivity index (χ0n) is 24.5. The van der Waals surface area contributed by atoms with Crippen LogP contribution in [0, 0.1) is 13.8 Å². The van der Waals surface area contributed by atoms with E-state index >= 15 is 0 Å². The Balaban J connectivity index is 1.44. The number of aryl methyl sites for hydroxylation is 2. The van der Waals surface area contributed by atoms with Crippen LogP contribution in [0.2, 0.25) is 5.02 Å². The lowest BCUT2D eigenvalue weighted by atomic mass is 9.96. The van der Waals surface area contributed by atoms with Gasteiger partial charge in [0.05, 0.1) is 30.5 Å². The van der Waals surface area contributed by atoms with Crippen LogP contribution in [0.15, 0.2) is 59.5 Å². The molecule has 2 aromatic carbocycles. The van der Waals surface area contributed by atoms with Crippen molar-refractivity contribution in [2.75, 3.05) is 25.6 Å². The minimum absolute atomic E-state index is 0.000284. The molecule has 0 aliphatic carbocycles. The van der Waals surface area contributed by atoms with Crippen LogP contribution in [0.5, 0.6) is 5.88 Å². The molecule has 0 bridgehead atoms. The summed E-state index contributed by atoms with van der Waals surface area (Å²) >= 11 is 7.04. The van der Waals surface area contributed by atoms with Gasteiger partial charge in [0.15, 0.2) is 0 Å². The number of carbonyl (C=O) groups is 1. The van der Waals surface area contributed by atoms with E-state index < -0.39 is 17.6 Å². The number of halogens is 1. The lowest BCUT2D eigenvalue weighted by Crippen LogP contribution is -2.46. The zero-order chi connectivity index (χ0) is 30.7. The second-order valence-electron chi connectivity index (χ2n) is 10.5. The normalized spacial score (nSPS) is 16.6. The molecule has 11 heteroatoms. The van der Waals surface area contributed by atoms with Crippen molar-refractivity contribution in [1.82, 2.24) is 20.1 Å². The molecule has 1 aliphatic rings. The number of rotatable bonds is 8. The number of hydrogen-bond donors (Lipinski definition) is 3. The zero-order valence-corrected chi connectivity index (χ0v) is 25.2. The third-order valence-electron chi connectivity index (χ3n) is 7.77. The number of nitrogens with zero attached hydrogens (tertiary/aromatic N) is 3. The van der Waals surface area contributed by atoms with Gasteiger partial charge in [0.2, 0.25) is 5.88 Å². The summed E-state index contributed by atoms with van der Waals surface area (Å²) in [6.45, 7) is 5.30. The smallest absolute Gasteiger partial charge is 0.279 e. The highest BCUT2D eigenvalue weighted by Gasteiger charge is 2.24. The predicted octanol–water partition coefficient (Wildman–Crippen LogP) is 4.28. The quantitative estimate of drug-likeness (QED) is 0.272. The molecule has 2 aromatic heterocycles. The summed E-state index contributed by atoms with van der Waals surface area (Å²) in [4.78, 5) is 30.1. The number of pyridine rings is 1. The molecule has 1 aliphatic heterocycles. The molecule has 5 rings (SSSR count). The van der Waals surface area contributed by atoms with E-state index in [1.165, 1.54) is 19.3 Å². The number of aromatic nitrogens is 3. The standard InChI is InChI=1S/C32H34ClN5O5/c1-18-15-27(37-31(42-4)24(18)16-34-26-12-14-43-17-28(26)39)22-9-5-8-21(29(22)33)20-7-6-10-25(19(20)2)36-30(40)23-11-13-35-38(3)32(23)41/h5-11,13,15,26,28,34,39H,12,14,16-17H2,1-4H3,(H,36,40). The van der Waals surface area contributed by atoms with Crippen molar-refractivity contribution in [2.45, 2.75) is 39.0 Å². The molecule has 0 radical (unpaired) electrons. The number of aliphatic hydroxyl groups is 1. The first-order valence-electron chi connectivity index (χ1n) is 14.0. The summed E-state index contributed by atoms with van der Waals surface area (Å²) in [5.41, 5.74) is 5.73. The van der Waals surface area contributed by atoms with Crippen LogP contribution in [0.1, 0.15) is 33.5 Å². The van der Waals surface area contributed by atoms with Crippen LogP contribution in [-0.4, -0.2) is 58.2 Å². The van der Waals surface area contributed by atoms with Crippen molar-refractivity contribution in [2.24, 2.45) is 7.05 Å². The Bertz CT molecular complexity index is 1720. The Morgan fingerprint density at radius 2 is 1.91 bits per heavy atom. The number of amides is 1. The highest BCUT2D eigenvalue weighted by molar-refractivity contribution is 6.36. The second-order valence-corrected chi connectivity index (χ2v) is 10.9. The molecule has 3 N–H and O–H groups in total. The first kappa shape index (κ1) is 30.4. The fourth-order valence-electron chi connectivity index (χ4n) is 5.26. The maximum absolute atomic E-state index is 12.9. The summed E-state index contributed by atoms with van der Waals surface area (Å²) in [5.74, 6) is -0.0376. The van der Waals surface area contributed by atoms with Gasteiger partial charge < -0.3 is 25.2 Å². The van der Waals surface area contributed by atoms with E-state index in [1.807, 2.05) is 50.2 Å². The van der Waals surface area contributed by atoms with Crippen LogP contribution < -0.4 is 20.9 Å². The summed E-state index contributed by atoms with van der Waals surface area (Å²) < 4.78 is 12.1. The van der Waals surface area contributed by atoms with Crippen molar-refractivity contribution in [3.05, 3.63) is 92.4 Å².